The van der Waals surface area contributed by atoms with E-state index in [4.69, 9.17) is 5.73 Å². The van der Waals surface area contributed by atoms with E-state index in [1.54, 1.807) is 0 Å². The van der Waals surface area contributed by atoms with E-state index in [1.807, 2.05) is 0 Å². The Labute approximate surface area is 105 Å². The summed E-state index contributed by atoms with van der Waals surface area (Å²) in [7, 11) is 0. The molecule has 1 aromatic rings. The van der Waals surface area contributed by atoms with Crippen molar-refractivity contribution in [1.82, 2.24) is 0 Å². The van der Waals surface area contributed by atoms with Crippen molar-refractivity contribution in [3.05, 3.63) is 24.0 Å². The maximum absolute atomic E-state index is 13.3. The van der Waals surface area contributed by atoms with Crippen molar-refractivity contribution >= 4 is 29.0 Å². The number of carbonyl (C=O) groups is 1. The molecule has 5 heteroatoms. The van der Waals surface area contributed by atoms with Crippen LogP contribution >= 0.6 is 11.8 Å². The van der Waals surface area contributed by atoms with Crippen LogP contribution in [0, 0.1) is 11.7 Å². The number of anilines is 2. The quantitative estimate of drug-likeness (QED) is 0.796. The van der Waals surface area contributed by atoms with E-state index in [1.165, 1.54) is 30.0 Å². The molecule has 0 spiro atoms. The molecule has 1 rings (SSSR count). The number of carbonyl (C=O) groups excluding carboxylic acids is 1. The summed E-state index contributed by atoms with van der Waals surface area (Å²) in [4.78, 5) is 11.5. The number of nitrogens with two attached hydrogens (primary N) is 1. The minimum absolute atomic E-state index is 0.139. The van der Waals surface area contributed by atoms with Gasteiger partial charge >= 0.3 is 0 Å². The number of hydrogen-bond donors (Lipinski definition) is 2. The van der Waals surface area contributed by atoms with Crippen LogP contribution in [-0.4, -0.2) is 17.4 Å². The Morgan fingerprint density at radius 1 is 1.53 bits per heavy atom. The summed E-state index contributed by atoms with van der Waals surface area (Å²) in [5, 5.41) is 2.51. The molecule has 0 unspecified atom stereocenters. The molecule has 0 bridgehead atoms. The lowest BCUT2D eigenvalue weighted by molar-refractivity contribution is -0.113. The second-order valence-electron chi connectivity index (χ2n) is 4.20. The summed E-state index contributed by atoms with van der Waals surface area (Å²) in [5.41, 5.74) is 6.09. The van der Waals surface area contributed by atoms with Crippen LogP contribution in [0.15, 0.2) is 18.2 Å². The lowest BCUT2D eigenvalue weighted by Gasteiger charge is -2.08. The van der Waals surface area contributed by atoms with Gasteiger partial charge in [0, 0.05) is 5.69 Å². The summed E-state index contributed by atoms with van der Waals surface area (Å²) in [6, 6.07) is 4.12. The smallest absolute Gasteiger partial charge is 0.234 e. The highest BCUT2D eigenvalue weighted by atomic mass is 32.2. The van der Waals surface area contributed by atoms with Crippen molar-refractivity contribution in [3.8, 4) is 0 Å². The van der Waals surface area contributed by atoms with Gasteiger partial charge in [0.05, 0.1) is 11.4 Å². The molecule has 0 saturated heterocycles. The standard InChI is InChI=1S/C12H17FN2OS/c1-8(2)6-17-7-12(16)15-11-5-9(14)3-4-10(11)13/h3-5,8H,6-7,14H2,1-2H3,(H,15,16). The average molecular weight is 256 g/mol. The predicted octanol–water partition coefficient (Wildman–Crippen LogP) is 2.74. The fraction of sp³-hybridized carbons (Fsp3) is 0.417. The topological polar surface area (TPSA) is 55.1 Å². The van der Waals surface area contributed by atoms with Crippen molar-refractivity contribution in [2.75, 3.05) is 22.6 Å². The fourth-order valence-corrected chi connectivity index (χ4v) is 2.06. The monoisotopic (exact) mass is 256 g/mol. The van der Waals surface area contributed by atoms with E-state index in [9.17, 15) is 9.18 Å². The number of nitrogen functional groups attached to an aromatic ring is 1. The first-order valence-corrected chi connectivity index (χ1v) is 6.57. The Kier molecular flexibility index (Phi) is 5.28. The number of halogens is 1. The molecule has 17 heavy (non-hydrogen) atoms. The van der Waals surface area contributed by atoms with E-state index >= 15 is 0 Å². The molecule has 3 N–H and O–H groups in total. The van der Waals surface area contributed by atoms with Gasteiger partial charge in [-0.25, -0.2) is 4.39 Å². The Balaban J connectivity index is 2.47. The summed E-state index contributed by atoms with van der Waals surface area (Å²) >= 11 is 1.53. The van der Waals surface area contributed by atoms with Crippen molar-refractivity contribution in [2.24, 2.45) is 5.92 Å². The van der Waals surface area contributed by atoms with Crippen molar-refractivity contribution in [3.63, 3.8) is 0 Å². The zero-order valence-electron chi connectivity index (χ0n) is 10.00. The predicted molar refractivity (Wildman–Crippen MR) is 71.6 cm³/mol. The Morgan fingerprint density at radius 2 is 2.24 bits per heavy atom. The number of thioether (sulfide) groups is 1. The highest BCUT2D eigenvalue weighted by Gasteiger charge is 2.07. The van der Waals surface area contributed by atoms with Gasteiger partial charge in [-0.1, -0.05) is 13.8 Å². The Hall–Kier alpha value is -1.23. The van der Waals surface area contributed by atoms with Gasteiger partial charge in [0.2, 0.25) is 5.91 Å². The van der Waals surface area contributed by atoms with Crippen LogP contribution in [0.25, 0.3) is 0 Å². The molecule has 0 saturated carbocycles. The maximum atomic E-state index is 13.3. The number of amides is 1. The van der Waals surface area contributed by atoms with Crippen molar-refractivity contribution in [2.45, 2.75) is 13.8 Å². The van der Waals surface area contributed by atoms with E-state index < -0.39 is 5.82 Å². The lowest BCUT2D eigenvalue weighted by Crippen LogP contribution is -2.16. The van der Waals surface area contributed by atoms with Gasteiger partial charge in [0.25, 0.3) is 0 Å². The molecule has 0 aliphatic carbocycles. The summed E-state index contributed by atoms with van der Waals surface area (Å²) in [5.74, 6) is 1.10. The normalized spacial score (nSPS) is 10.6. The number of hydrogen-bond acceptors (Lipinski definition) is 3. The van der Waals surface area contributed by atoms with Gasteiger partial charge in [-0.2, -0.15) is 11.8 Å². The first kappa shape index (κ1) is 13.8. The zero-order chi connectivity index (χ0) is 12.8. The Morgan fingerprint density at radius 3 is 2.88 bits per heavy atom. The van der Waals surface area contributed by atoms with E-state index in [0.717, 1.165) is 5.75 Å². The molecule has 0 fully saturated rings. The zero-order valence-corrected chi connectivity index (χ0v) is 10.8. The molecular formula is C12H17FN2OS. The molecule has 94 valence electrons. The molecule has 0 heterocycles. The van der Waals surface area contributed by atoms with Gasteiger partial charge < -0.3 is 11.1 Å². The fourth-order valence-electron chi connectivity index (χ4n) is 1.21. The van der Waals surface area contributed by atoms with Crippen molar-refractivity contribution < 1.29 is 9.18 Å². The molecule has 1 amide bonds. The van der Waals surface area contributed by atoms with Crippen LogP contribution in [-0.2, 0) is 4.79 Å². The highest BCUT2D eigenvalue weighted by molar-refractivity contribution is 7.99. The lowest BCUT2D eigenvalue weighted by atomic mass is 10.2. The van der Waals surface area contributed by atoms with Crippen LogP contribution in [0.1, 0.15) is 13.8 Å². The maximum Gasteiger partial charge on any atom is 0.234 e. The van der Waals surface area contributed by atoms with Gasteiger partial charge in [0.15, 0.2) is 0 Å². The van der Waals surface area contributed by atoms with Gasteiger partial charge in [-0.15, -0.1) is 0 Å². The molecule has 3 nitrogen and oxygen atoms in total. The number of nitrogens with one attached hydrogen (secondary N) is 1. The van der Waals surface area contributed by atoms with Crippen molar-refractivity contribution in [1.29, 1.82) is 0 Å². The van der Waals surface area contributed by atoms with Gasteiger partial charge in [-0.3, -0.25) is 4.79 Å². The second kappa shape index (κ2) is 6.49. The SMILES string of the molecule is CC(C)CSCC(=O)Nc1cc(N)ccc1F. The minimum Gasteiger partial charge on any atom is -0.399 e. The molecule has 0 radical (unpaired) electrons. The third-order valence-electron chi connectivity index (χ3n) is 1.95. The average Bonchev–Trinajstić information content (AvgIpc) is 2.23. The molecule has 1 aromatic carbocycles. The molecule has 0 aliphatic rings. The van der Waals surface area contributed by atoms with E-state index in [-0.39, 0.29) is 11.6 Å². The Bertz CT molecular complexity index is 396. The van der Waals surface area contributed by atoms with Gasteiger partial charge in [0.1, 0.15) is 5.82 Å². The van der Waals surface area contributed by atoms with Gasteiger partial charge in [-0.05, 0) is 29.9 Å². The van der Waals surface area contributed by atoms with E-state index in [2.05, 4.69) is 19.2 Å². The third kappa shape index (κ3) is 5.08. The van der Waals surface area contributed by atoms with Crippen LogP contribution in [0.5, 0.6) is 0 Å². The minimum atomic E-state index is -0.471. The first-order valence-electron chi connectivity index (χ1n) is 5.41. The van der Waals surface area contributed by atoms with Crippen LogP contribution in [0.2, 0.25) is 0 Å². The van der Waals surface area contributed by atoms with E-state index in [0.29, 0.717) is 17.4 Å². The summed E-state index contributed by atoms with van der Waals surface area (Å²) < 4.78 is 13.3. The molecule has 0 aromatic heterocycles. The molecule has 0 aliphatic heterocycles. The number of benzene rings is 1. The largest absolute Gasteiger partial charge is 0.399 e. The number of rotatable bonds is 5. The second-order valence-corrected chi connectivity index (χ2v) is 5.23. The summed E-state index contributed by atoms with van der Waals surface area (Å²) in [6.07, 6.45) is 0. The van der Waals surface area contributed by atoms with Crippen LogP contribution < -0.4 is 11.1 Å². The third-order valence-corrected chi connectivity index (χ3v) is 3.32. The van der Waals surface area contributed by atoms with Crippen LogP contribution in [0.4, 0.5) is 15.8 Å². The first-order chi connectivity index (χ1) is 7.99. The molecular weight excluding hydrogens is 239 g/mol. The highest BCUT2D eigenvalue weighted by Crippen LogP contribution is 2.18. The summed E-state index contributed by atoms with van der Waals surface area (Å²) in [6.45, 7) is 4.17. The molecule has 0 atom stereocenters. The van der Waals surface area contributed by atoms with Crippen LogP contribution in [0.3, 0.4) is 0 Å².